The summed E-state index contributed by atoms with van der Waals surface area (Å²) < 4.78 is 0. The molecule has 0 bridgehead atoms. The highest BCUT2D eigenvalue weighted by Crippen LogP contribution is 2.07. The molecule has 0 aliphatic carbocycles. The van der Waals surface area contributed by atoms with E-state index in [2.05, 4.69) is 9.99 Å². The van der Waals surface area contributed by atoms with E-state index in [-0.39, 0.29) is 11.8 Å². The lowest BCUT2D eigenvalue weighted by atomic mass is 10.3. The average Bonchev–Trinajstić information content (AvgIpc) is 2.73. The van der Waals surface area contributed by atoms with Crippen molar-refractivity contribution >= 4 is 17.5 Å². The molecule has 5 nitrogen and oxygen atoms in total. The second kappa shape index (κ2) is 4.74. The van der Waals surface area contributed by atoms with Gasteiger partial charge in [-0.2, -0.15) is 0 Å². The Morgan fingerprint density at radius 2 is 1.79 bits per heavy atom. The van der Waals surface area contributed by atoms with Crippen molar-refractivity contribution < 1.29 is 14.4 Å². The van der Waals surface area contributed by atoms with Crippen molar-refractivity contribution in [1.82, 2.24) is 4.90 Å². The summed E-state index contributed by atoms with van der Waals surface area (Å²) >= 11 is 0. The molecule has 5 heteroatoms. The predicted molar refractivity (Wildman–Crippen MR) is 50.7 cm³/mol. The van der Waals surface area contributed by atoms with Gasteiger partial charge >= 0.3 is 0 Å². The Balaban J connectivity index is 0.000000146. The molecule has 0 aromatic heterocycles. The van der Waals surface area contributed by atoms with Crippen LogP contribution in [0.2, 0.25) is 0 Å². The topological polar surface area (TPSA) is 59.0 Å². The fourth-order valence-corrected chi connectivity index (χ4v) is 1.08. The Labute approximate surface area is 82.7 Å². The number of hydrogen-bond acceptors (Lipinski definition) is 4. The molecule has 0 aromatic carbocycles. The minimum Gasteiger partial charge on any atom is -0.395 e. The van der Waals surface area contributed by atoms with E-state index in [1.807, 2.05) is 6.92 Å². The molecular formula is C9H14N2O3. The van der Waals surface area contributed by atoms with Crippen LogP contribution in [0.3, 0.4) is 0 Å². The van der Waals surface area contributed by atoms with Crippen LogP contribution in [0.25, 0.3) is 0 Å². The van der Waals surface area contributed by atoms with E-state index in [0.717, 1.165) is 18.7 Å². The van der Waals surface area contributed by atoms with Crippen LogP contribution in [-0.4, -0.2) is 36.1 Å². The van der Waals surface area contributed by atoms with Crippen LogP contribution in [0.5, 0.6) is 0 Å². The van der Waals surface area contributed by atoms with E-state index in [1.165, 1.54) is 11.9 Å². The van der Waals surface area contributed by atoms with Gasteiger partial charge in [0.05, 0.1) is 5.71 Å². The Morgan fingerprint density at radius 3 is 1.93 bits per heavy atom. The Kier molecular flexibility index (Phi) is 3.62. The molecular weight excluding hydrogens is 184 g/mol. The molecule has 0 spiro atoms. The minimum absolute atomic E-state index is 0.0602. The van der Waals surface area contributed by atoms with E-state index < -0.39 is 0 Å². The number of imide groups is 1. The fourth-order valence-electron chi connectivity index (χ4n) is 1.08. The Hall–Kier alpha value is -1.39. The molecule has 1 saturated heterocycles. The van der Waals surface area contributed by atoms with E-state index >= 15 is 0 Å². The van der Waals surface area contributed by atoms with Crippen molar-refractivity contribution in [3.63, 3.8) is 0 Å². The summed E-state index contributed by atoms with van der Waals surface area (Å²) in [5, 5.41) is 3.65. The molecule has 2 rings (SSSR count). The second-order valence-electron chi connectivity index (χ2n) is 3.26. The maximum Gasteiger partial charge on any atom is 0.229 e. The van der Waals surface area contributed by atoms with Crippen LogP contribution >= 0.6 is 0 Å². The first kappa shape index (κ1) is 10.7. The molecule has 2 aliphatic rings. The minimum atomic E-state index is -0.0602. The van der Waals surface area contributed by atoms with Gasteiger partial charge in [-0.05, 0) is 6.92 Å². The molecule has 2 amide bonds. The van der Waals surface area contributed by atoms with Crippen molar-refractivity contribution in [2.24, 2.45) is 5.16 Å². The van der Waals surface area contributed by atoms with E-state index in [4.69, 9.17) is 0 Å². The van der Waals surface area contributed by atoms with Crippen molar-refractivity contribution in [3.05, 3.63) is 0 Å². The molecule has 0 atom stereocenters. The maximum atomic E-state index is 10.5. The zero-order valence-electron chi connectivity index (χ0n) is 8.45. The summed E-state index contributed by atoms with van der Waals surface area (Å²) in [7, 11) is 1.51. The summed E-state index contributed by atoms with van der Waals surface area (Å²) in [5.41, 5.74) is 1.11. The summed E-state index contributed by atoms with van der Waals surface area (Å²) in [4.78, 5) is 26.8. The number of hydrogen-bond donors (Lipinski definition) is 0. The van der Waals surface area contributed by atoms with E-state index in [0.29, 0.717) is 12.8 Å². The first-order valence-electron chi connectivity index (χ1n) is 4.56. The van der Waals surface area contributed by atoms with Gasteiger partial charge in [-0.15, -0.1) is 0 Å². The molecule has 0 radical (unpaired) electrons. The average molecular weight is 198 g/mol. The molecule has 1 fully saturated rings. The van der Waals surface area contributed by atoms with Crippen LogP contribution in [0, 0.1) is 0 Å². The fraction of sp³-hybridized carbons (Fsp3) is 0.667. The number of amides is 2. The van der Waals surface area contributed by atoms with Gasteiger partial charge in [-0.25, -0.2) is 0 Å². The number of rotatable bonds is 0. The van der Waals surface area contributed by atoms with E-state index in [1.54, 1.807) is 0 Å². The van der Waals surface area contributed by atoms with E-state index in [9.17, 15) is 9.59 Å². The maximum absolute atomic E-state index is 10.5. The molecule has 0 saturated carbocycles. The van der Waals surface area contributed by atoms with Crippen molar-refractivity contribution in [3.8, 4) is 0 Å². The monoisotopic (exact) mass is 198 g/mol. The third kappa shape index (κ3) is 2.83. The highest BCUT2D eigenvalue weighted by atomic mass is 16.6. The summed E-state index contributed by atoms with van der Waals surface area (Å²) in [6, 6.07) is 0. The number of carbonyl (C=O) groups is 2. The summed E-state index contributed by atoms with van der Waals surface area (Å²) in [5.74, 6) is -0.120. The highest BCUT2D eigenvalue weighted by Gasteiger charge is 2.24. The molecule has 2 aliphatic heterocycles. The normalized spacial score (nSPS) is 20.1. The number of carbonyl (C=O) groups excluding carboxylic acids is 2. The lowest BCUT2D eigenvalue weighted by molar-refractivity contribution is -0.136. The Bertz CT molecular complexity index is 257. The number of likely N-dealkylation sites (tertiary alicyclic amines) is 1. The summed E-state index contributed by atoms with van der Waals surface area (Å²) in [6.45, 7) is 2.75. The van der Waals surface area contributed by atoms with Gasteiger partial charge < -0.3 is 4.84 Å². The molecule has 0 unspecified atom stereocenters. The van der Waals surface area contributed by atoms with Gasteiger partial charge in [0, 0.05) is 26.3 Å². The van der Waals surface area contributed by atoms with Crippen molar-refractivity contribution in [2.75, 3.05) is 13.7 Å². The summed E-state index contributed by atoms with van der Waals surface area (Å²) in [6.07, 6.45) is 1.81. The highest BCUT2D eigenvalue weighted by molar-refractivity contribution is 6.01. The van der Waals surface area contributed by atoms with Gasteiger partial charge in [0.25, 0.3) is 0 Å². The van der Waals surface area contributed by atoms with Crippen LogP contribution in [0.4, 0.5) is 0 Å². The lowest BCUT2D eigenvalue weighted by Gasteiger charge is -2.01. The van der Waals surface area contributed by atoms with Crippen LogP contribution in [-0.2, 0) is 14.4 Å². The van der Waals surface area contributed by atoms with Crippen molar-refractivity contribution in [1.29, 1.82) is 0 Å². The zero-order chi connectivity index (χ0) is 10.6. The molecule has 14 heavy (non-hydrogen) atoms. The third-order valence-corrected chi connectivity index (χ3v) is 2.08. The largest absolute Gasteiger partial charge is 0.395 e. The first-order chi connectivity index (χ1) is 6.61. The van der Waals surface area contributed by atoms with Crippen LogP contribution in [0.15, 0.2) is 5.16 Å². The molecule has 2 heterocycles. The van der Waals surface area contributed by atoms with Gasteiger partial charge in [0.1, 0.15) is 6.61 Å². The molecule has 78 valence electrons. The van der Waals surface area contributed by atoms with Crippen molar-refractivity contribution in [2.45, 2.75) is 26.2 Å². The smallest absolute Gasteiger partial charge is 0.229 e. The quantitative estimate of drug-likeness (QED) is 0.534. The SMILES string of the molecule is CC1=NOCC1.CN1C(=O)CCC1=O. The second-order valence-corrected chi connectivity index (χ2v) is 3.26. The van der Waals surface area contributed by atoms with Crippen LogP contribution < -0.4 is 0 Å². The number of nitrogens with zero attached hydrogens (tertiary/aromatic N) is 2. The standard InChI is InChI=1S/C5H7NO2.C4H7NO/c1-6-4(7)2-3-5(6)8;1-4-2-3-6-5-4/h2-3H2,1H3;2-3H2,1H3. The molecule has 0 N–H and O–H groups in total. The lowest BCUT2D eigenvalue weighted by Crippen LogP contribution is -2.23. The zero-order valence-corrected chi connectivity index (χ0v) is 8.45. The van der Waals surface area contributed by atoms with Crippen LogP contribution in [0.1, 0.15) is 26.2 Å². The third-order valence-electron chi connectivity index (χ3n) is 2.08. The van der Waals surface area contributed by atoms with Gasteiger partial charge in [-0.1, -0.05) is 5.16 Å². The first-order valence-corrected chi connectivity index (χ1v) is 4.56. The van der Waals surface area contributed by atoms with Gasteiger partial charge in [-0.3, -0.25) is 14.5 Å². The molecule has 0 aromatic rings. The predicted octanol–water partition coefficient (Wildman–Crippen LogP) is 0.548. The Morgan fingerprint density at radius 1 is 1.21 bits per heavy atom. The van der Waals surface area contributed by atoms with Gasteiger partial charge in [0.2, 0.25) is 11.8 Å². The number of oxime groups is 1. The van der Waals surface area contributed by atoms with Gasteiger partial charge in [0.15, 0.2) is 0 Å².